The first-order valence-corrected chi connectivity index (χ1v) is 6.47. The van der Waals surface area contributed by atoms with Crippen LogP contribution in [0.2, 0.25) is 0 Å². The van der Waals surface area contributed by atoms with Crippen LogP contribution in [0.25, 0.3) is 0 Å². The highest BCUT2D eigenvalue weighted by atomic mass is 16.5. The third kappa shape index (κ3) is 9.03. The third-order valence-electron chi connectivity index (χ3n) is 2.39. The number of hydrogen-bond acceptors (Lipinski definition) is 3. The molecule has 0 aliphatic carbocycles. The van der Waals surface area contributed by atoms with E-state index in [-0.39, 0.29) is 18.2 Å². The van der Waals surface area contributed by atoms with Crippen molar-refractivity contribution in [3.05, 3.63) is 16.9 Å². The Morgan fingerprint density at radius 2 is 1.83 bits per heavy atom. The maximum atomic E-state index is 11.3. The minimum Gasteiger partial charge on any atom is -0.469 e. The molecule has 0 unspecified atom stereocenters. The van der Waals surface area contributed by atoms with E-state index in [0.717, 1.165) is 12.8 Å². The summed E-state index contributed by atoms with van der Waals surface area (Å²) in [5.74, 6) is -0.218. The number of methoxy groups -OCH3 is 1. The average molecular weight is 254 g/mol. The van der Waals surface area contributed by atoms with Crippen LogP contribution in [0.5, 0.6) is 0 Å². The standard InChI is InChI=1S/C15H26O3/c1-11(2)9-13(5)7-8-14(18-12(3)4)10-15(16)17-6/h12,14H,7-8,10H2,1-6H3/t14-/m1/s1. The summed E-state index contributed by atoms with van der Waals surface area (Å²) in [5.41, 5.74) is 5.64. The number of carbonyl (C=O) groups excluding carboxylic acids is 1. The van der Waals surface area contributed by atoms with Crippen LogP contribution < -0.4 is 0 Å². The minimum absolute atomic E-state index is 0.0774. The molecule has 0 radical (unpaired) electrons. The van der Waals surface area contributed by atoms with Crippen molar-refractivity contribution in [3.8, 4) is 0 Å². The molecule has 3 heteroatoms. The van der Waals surface area contributed by atoms with E-state index < -0.39 is 0 Å². The maximum absolute atomic E-state index is 11.3. The smallest absolute Gasteiger partial charge is 0.308 e. The van der Waals surface area contributed by atoms with E-state index in [0.29, 0.717) is 6.42 Å². The maximum Gasteiger partial charge on any atom is 0.308 e. The molecule has 0 N–H and O–H groups in total. The van der Waals surface area contributed by atoms with Crippen LogP contribution in [0.15, 0.2) is 16.9 Å². The lowest BCUT2D eigenvalue weighted by Crippen LogP contribution is -2.22. The number of esters is 1. The van der Waals surface area contributed by atoms with E-state index in [4.69, 9.17) is 4.74 Å². The fraction of sp³-hybridized carbons (Fsp3) is 0.733. The molecule has 0 rings (SSSR count). The van der Waals surface area contributed by atoms with Crippen molar-refractivity contribution in [2.75, 3.05) is 7.11 Å². The fourth-order valence-corrected chi connectivity index (χ4v) is 1.74. The van der Waals surface area contributed by atoms with Gasteiger partial charge in [0.25, 0.3) is 0 Å². The molecule has 0 amide bonds. The van der Waals surface area contributed by atoms with Gasteiger partial charge in [-0.15, -0.1) is 5.73 Å². The van der Waals surface area contributed by atoms with Gasteiger partial charge in [0.2, 0.25) is 0 Å². The second-order valence-electron chi connectivity index (χ2n) is 5.03. The molecule has 0 saturated carbocycles. The van der Waals surface area contributed by atoms with Crippen LogP contribution >= 0.6 is 0 Å². The van der Waals surface area contributed by atoms with E-state index in [2.05, 4.69) is 17.4 Å². The minimum atomic E-state index is -0.218. The molecule has 0 bridgehead atoms. The van der Waals surface area contributed by atoms with Gasteiger partial charge in [0.05, 0.1) is 25.7 Å². The fourth-order valence-electron chi connectivity index (χ4n) is 1.74. The lowest BCUT2D eigenvalue weighted by Gasteiger charge is -2.19. The van der Waals surface area contributed by atoms with E-state index in [1.165, 1.54) is 18.3 Å². The van der Waals surface area contributed by atoms with Crippen LogP contribution in [0.1, 0.15) is 53.9 Å². The molecular weight excluding hydrogens is 228 g/mol. The first-order chi connectivity index (χ1) is 8.35. The summed E-state index contributed by atoms with van der Waals surface area (Å²) < 4.78 is 10.4. The highest BCUT2D eigenvalue weighted by Crippen LogP contribution is 2.14. The first-order valence-electron chi connectivity index (χ1n) is 6.47. The zero-order valence-electron chi connectivity index (χ0n) is 12.5. The molecule has 0 aliphatic heterocycles. The predicted molar refractivity (Wildman–Crippen MR) is 73.4 cm³/mol. The van der Waals surface area contributed by atoms with Crippen molar-refractivity contribution < 1.29 is 14.3 Å². The topological polar surface area (TPSA) is 35.5 Å². The summed E-state index contributed by atoms with van der Waals surface area (Å²) in [4.78, 5) is 11.3. The summed E-state index contributed by atoms with van der Waals surface area (Å²) in [6.07, 6.45) is 2.06. The van der Waals surface area contributed by atoms with Crippen molar-refractivity contribution in [1.29, 1.82) is 0 Å². The number of carbonyl (C=O) groups is 1. The predicted octanol–water partition coefficient (Wildman–Crippen LogP) is 3.63. The molecule has 0 heterocycles. The van der Waals surface area contributed by atoms with E-state index >= 15 is 0 Å². The van der Waals surface area contributed by atoms with Crippen LogP contribution in [-0.2, 0) is 14.3 Å². The molecule has 1 atom stereocenters. The van der Waals surface area contributed by atoms with Crippen molar-refractivity contribution >= 4 is 5.97 Å². The van der Waals surface area contributed by atoms with Crippen LogP contribution in [0.4, 0.5) is 0 Å². The molecule has 18 heavy (non-hydrogen) atoms. The molecule has 0 spiro atoms. The first kappa shape index (κ1) is 16.9. The SMILES string of the molecule is COC(=O)C[C@@H](CCC(C)=C=C(C)C)OC(C)C. The monoisotopic (exact) mass is 254 g/mol. The third-order valence-corrected chi connectivity index (χ3v) is 2.39. The molecule has 3 nitrogen and oxygen atoms in total. The van der Waals surface area contributed by atoms with Gasteiger partial charge >= 0.3 is 5.97 Å². The second kappa shape index (κ2) is 8.96. The van der Waals surface area contributed by atoms with Crippen molar-refractivity contribution in [2.24, 2.45) is 0 Å². The summed E-state index contributed by atoms with van der Waals surface area (Å²) in [6.45, 7) is 10.1. The highest BCUT2D eigenvalue weighted by molar-refractivity contribution is 5.69. The highest BCUT2D eigenvalue weighted by Gasteiger charge is 2.16. The molecule has 104 valence electrons. The zero-order valence-corrected chi connectivity index (χ0v) is 12.5. The number of hydrogen-bond donors (Lipinski definition) is 0. The van der Waals surface area contributed by atoms with Crippen molar-refractivity contribution in [1.82, 2.24) is 0 Å². The lowest BCUT2D eigenvalue weighted by molar-refractivity contribution is -0.144. The number of ether oxygens (including phenoxy) is 2. The summed E-state index contributed by atoms with van der Waals surface area (Å²) >= 11 is 0. The molecule has 0 aliphatic rings. The van der Waals surface area contributed by atoms with Gasteiger partial charge in [-0.25, -0.2) is 0 Å². The average Bonchev–Trinajstić information content (AvgIpc) is 2.24. The number of rotatable bonds is 7. The Bertz CT molecular complexity index is 319. The Morgan fingerprint density at radius 3 is 2.28 bits per heavy atom. The van der Waals surface area contributed by atoms with Crippen LogP contribution in [-0.4, -0.2) is 25.3 Å². The van der Waals surface area contributed by atoms with Crippen molar-refractivity contribution in [2.45, 2.75) is 66.1 Å². The quantitative estimate of drug-likeness (QED) is 0.514. The van der Waals surface area contributed by atoms with E-state index in [1.54, 1.807) is 0 Å². The molecule has 0 fully saturated rings. The Morgan fingerprint density at radius 1 is 1.22 bits per heavy atom. The Kier molecular flexibility index (Phi) is 8.43. The van der Waals surface area contributed by atoms with Gasteiger partial charge in [0.15, 0.2) is 0 Å². The second-order valence-corrected chi connectivity index (χ2v) is 5.03. The van der Waals surface area contributed by atoms with Gasteiger partial charge in [-0.1, -0.05) is 0 Å². The van der Waals surface area contributed by atoms with Gasteiger partial charge in [-0.05, 0) is 58.6 Å². The Balaban J connectivity index is 4.41. The van der Waals surface area contributed by atoms with Crippen LogP contribution in [0.3, 0.4) is 0 Å². The Labute approximate surface area is 111 Å². The summed E-state index contributed by atoms with van der Waals surface area (Å²) in [6, 6.07) is 0. The van der Waals surface area contributed by atoms with E-state index in [1.807, 2.05) is 27.7 Å². The summed E-state index contributed by atoms with van der Waals surface area (Å²) in [7, 11) is 1.41. The van der Waals surface area contributed by atoms with E-state index in [9.17, 15) is 4.79 Å². The molecule has 0 aromatic carbocycles. The van der Waals surface area contributed by atoms with Gasteiger partial charge < -0.3 is 9.47 Å². The van der Waals surface area contributed by atoms with Gasteiger partial charge in [-0.2, -0.15) is 0 Å². The van der Waals surface area contributed by atoms with Crippen LogP contribution in [0, 0.1) is 0 Å². The molecular formula is C15H26O3. The van der Waals surface area contributed by atoms with Gasteiger partial charge in [-0.3, -0.25) is 4.79 Å². The largest absolute Gasteiger partial charge is 0.469 e. The lowest BCUT2D eigenvalue weighted by atomic mass is 10.1. The zero-order chi connectivity index (χ0) is 14.1. The molecule has 0 saturated heterocycles. The Hall–Kier alpha value is -1.05. The normalized spacial score (nSPS) is 11.9. The summed E-state index contributed by atoms with van der Waals surface area (Å²) in [5, 5.41) is 0. The van der Waals surface area contributed by atoms with Gasteiger partial charge in [0.1, 0.15) is 0 Å². The molecule has 0 aromatic rings. The number of allylic oxidation sites excluding steroid dienone is 1. The van der Waals surface area contributed by atoms with Crippen molar-refractivity contribution in [3.63, 3.8) is 0 Å². The molecule has 0 aromatic heterocycles. The van der Waals surface area contributed by atoms with Gasteiger partial charge in [0, 0.05) is 0 Å².